The fourth-order valence-corrected chi connectivity index (χ4v) is 2.89. The highest BCUT2D eigenvalue weighted by Crippen LogP contribution is 2.35. The van der Waals surface area contributed by atoms with Crippen LogP contribution in [-0.2, 0) is 15.7 Å². The first kappa shape index (κ1) is 20.7. The van der Waals surface area contributed by atoms with Crippen molar-refractivity contribution < 1.29 is 22.7 Å². The summed E-state index contributed by atoms with van der Waals surface area (Å²) in [6.45, 7) is 3.00. The highest BCUT2D eigenvalue weighted by Gasteiger charge is 2.40. The average molecular weight is 367 g/mol. The lowest BCUT2D eigenvalue weighted by Gasteiger charge is -2.35. The molecule has 8 heteroatoms. The Balaban J connectivity index is 0.00000288. The van der Waals surface area contributed by atoms with Crippen LogP contribution in [0.2, 0.25) is 0 Å². The number of hydrogen-bond donors (Lipinski definition) is 2. The van der Waals surface area contributed by atoms with E-state index in [-0.39, 0.29) is 36.2 Å². The van der Waals surface area contributed by atoms with Crippen molar-refractivity contribution in [2.45, 2.75) is 25.9 Å². The molecule has 1 saturated heterocycles. The van der Waals surface area contributed by atoms with Gasteiger partial charge in [0, 0.05) is 12.8 Å². The average Bonchev–Trinajstić information content (AvgIpc) is 2.49. The number of anilines is 1. The minimum Gasteiger partial charge on any atom is -0.384 e. The smallest absolute Gasteiger partial charge is 0.384 e. The highest BCUT2D eigenvalue weighted by molar-refractivity contribution is 5.95. The van der Waals surface area contributed by atoms with Crippen molar-refractivity contribution in [1.29, 1.82) is 0 Å². The summed E-state index contributed by atoms with van der Waals surface area (Å²) in [5, 5.41) is 5.80. The number of carbonyl (C=O) groups is 1. The van der Waals surface area contributed by atoms with Crippen molar-refractivity contribution in [3.8, 4) is 0 Å². The van der Waals surface area contributed by atoms with Gasteiger partial charge in [-0.2, -0.15) is 13.2 Å². The summed E-state index contributed by atoms with van der Waals surface area (Å²) in [5.74, 6) is -0.294. The number of methoxy groups -OCH3 is 1. The van der Waals surface area contributed by atoms with Gasteiger partial charge in [0.05, 0.1) is 17.6 Å². The Labute approximate surface area is 145 Å². The minimum absolute atomic E-state index is 0. The molecule has 1 fully saturated rings. The van der Waals surface area contributed by atoms with Crippen molar-refractivity contribution in [1.82, 2.24) is 5.32 Å². The normalized spacial score (nSPS) is 17.0. The first-order valence-electron chi connectivity index (χ1n) is 7.47. The Kier molecular flexibility index (Phi) is 7.07. The molecule has 2 rings (SSSR count). The Hall–Kier alpha value is -1.31. The van der Waals surface area contributed by atoms with E-state index in [9.17, 15) is 18.0 Å². The molecule has 0 radical (unpaired) electrons. The quantitative estimate of drug-likeness (QED) is 0.858. The summed E-state index contributed by atoms with van der Waals surface area (Å²) >= 11 is 0. The molecule has 1 heterocycles. The summed E-state index contributed by atoms with van der Waals surface area (Å²) in [5.41, 5.74) is -1.16. The van der Waals surface area contributed by atoms with E-state index in [0.717, 1.165) is 6.07 Å². The predicted molar refractivity (Wildman–Crippen MR) is 88.5 cm³/mol. The van der Waals surface area contributed by atoms with Gasteiger partial charge in [-0.3, -0.25) is 4.79 Å². The van der Waals surface area contributed by atoms with E-state index < -0.39 is 17.2 Å². The summed E-state index contributed by atoms with van der Waals surface area (Å²) in [7, 11) is 1.52. The molecule has 24 heavy (non-hydrogen) atoms. The number of alkyl halides is 3. The zero-order valence-electron chi connectivity index (χ0n) is 13.6. The lowest BCUT2D eigenvalue weighted by Crippen LogP contribution is -2.47. The number of carbonyl (C=O) groups excluding carboxylic acids is 1. The number of ether oxygens (including phenoxy) is 1. The van der Waals surface area contributed by atoms with Gasteiger partial charge in [0.25, 0.3) is 0 Å². The zero-order valence-corrected chi connectivity index (χ0v) is 14.4. The third-order valence-corrected chi connectivity index (χ3v) is 4.26. The number of halogens is 4. The topological polar surface area (TPSA) is 50.4 Å². The summed E-state index contributed by atoms with van der Waals surface area (Å²) in [6.07, 6.45) is -3.26. The second-order valence-corrected chi connectivity index (χ2v) is 5.94. The number of hydrogen-bond acceptors (Lipinski definition) is 3. The maximum atomic E-state index is 13.0. The first-order chi connectivity index (χ1) is 10.8. The molecule has 1 amide bonds. The first-order valence-corrected chi connectivity index (χ1v) is 7.47. The largest absolute Gasteiger partial charge is 0.416 e. The van der Waals surface area contributed by atoms with E-state index >= 15 is 0 Å². The van der Waals surface area contributed by atoms with E-state index in [4.69, 9.17) is 4.74 Å². The molecule has 2 N–H and O–H groups in total. The standard InChI is InChI=1S/C16H21F3N2O2.ClH/c1-11-3-4-12(9-13(11)16(17,18)19)21-14(22)15(10-23-2)5-7-20-8-6-15;/h3-4,9,20H,5-8,10H2,1-2H3,(H,21,22);1H. The van der Waals surface area contributed by atoms with Gasteiger partial charge in [0.1, 0.15) is 0 Å². The van der Waals surface area contributed by atoms with Gasteiger partial charge >= 0.3 is 6.18 Å². The van der Waals surface area contributed by atoms with E-state index in [0.29, 0.717) is 25.9 Å². The second kappa shape index (κ2) is 8.18. The number of piperidine rings is 1. The van der Waals surface area contributed by atoms with Crippen LogP contribution in [0, 0.1) is 12.3 Å². The van der Waals surface area contributed by atoms with Crippen molar-refractivity contribution in [3.63, 3.8) is 0 Å². The van der Waals surface area contributed by atoms with E-state index in [1.54, 1.807) is 0 Å². The van der Waals surface area contributed by atoms with Crippen molar-refractivity contribution in [2.75, 3.05) is 32.1 Å². The van der Waals surface area contributed by atoms with Crippen LogP contribution in [0.1, 0.15) is 24.0 Å². The van der Waals surface area contributed by atoms with Crippen LogP contribution in [0.3, 0.4) is 0 Å². The molecule has 0 aliphatic carbocycles. The fourth-order valence-electron chi connectivity index (χ4n) is 2.89. The molecule has 0 atom stereocenters. The molecule has 0 unspecified atom stereocenters. The van der Waals surface area contributed by atoms with Crippen LogP contribution in [0.4, 0.5) is 18.9 Å². The Bertz CT molecular complexity index is 567. The molecule has 1 aromatic rings. The Morgan fingerprint density at radius 1 is 1.33 bits per heavy atom. The third-order valence-electron chi connectivity index (χ3n) is 4.26. The number of rotatable bonds is 4. The van der Waals surface area contributed by atoms with Crippen LogP contribution in [0.15, 0.2) is 18.2 Å². The van der Waals surface area contributed by atoms with E-state index in [1.165, 1.54) is 26.2 Å². The molecule has 0 spiro atoms. The Morgan fingerprint density at radius 3 is 2.50 bits per heavy atom. The maximum Gasteiger partial charge on any atom is 0.416 e. The molecule has 0 bridgehead atoms. The van der Waals surface area contributed by atoms with Gasteiger partial charge in [0.2, 0.25) is 5.91 Å². The van der Waals surface area contributed by atoms with Crippen LogP contribution in [-0.4, -0.2) is 32.7 Å². The number of aryl methyl sites for hydroxylation is 1. The molecule has 1 aliphatic rings. The molecule has 136 valence electrons. The van der Waals surface area contributed by atoms with Gasteiger partial charge in [-0.25, -0.2) is 0 Å². The summed E-state index contributed by atoms with van der Waals surface area (Å²) in [4.78, 5) is 12.6. The third kappa shape index (κ3) is 4.62. The van der Waals surface area contributed by atoms with E-state index in [2.05, 4.69) is 10.6 Å². The van der Waals surface area contributed by atoms with Crippen LogP contribution >= 0.6 is 12.4 Å². The molecule has 0 aromatic heterocycles. The molecule has 1 aromatic carbocycles. The molecule has 1 aliphatic heterocycles. The maximum absolute atomic E-state index is 13.0. The molecule has 0 saturated carbocycles. The number of amides is 1. The SMILES string of the molecule is COCC1(C(=O)Nc2ccc(C)c(C(F)(F)F)c2)CCNCC1.Cl. The van der Waals surface area contributed by atoms with Crippen LogP contribution in [0.25, 0.3) is 0 Å². The number of benzene rings is 1. The van der Waals surface area contributed by atoms with Gasteiger partial charge in [0.15, 0.2) is 0 Å². The van der Waals surface area contributed by atoms with Crippen molar-refractivity contribution >= 4 is 24.0 Å². The highest BCUT2D eigenvalue weighted by atomic mass is 35.5. The van der Waals surface area contributed by atoms with Crippen LogP contribution in [0.5, 0.6) is 0 Å². The lowest BCUT2D eigenvalue weighted by molar-refractivity contribution is -0.138. The fraction of sp³-hybridized carbons (Fsp3) is 0.562. The van der Waals surface area contributed by atoms with Gasteiger partial charge in [-0.15, -0.1) is 12.4 Å². The van der Waals surface area contributed by atoms with Crippen molar-refractivity contribution in [3.05, 3.63) is 29.3 Å². The van der Waals surface area contributed by atoms with Gasteiger partial charge in [-0.1, -0.05) is 6.07 Å². The minimum atomic E-state index is -4.44. The predicted octanol–water partition coefficient (Wildman–Crippen LogP) is 3.39. The molecular weight excluding hydrogens is 345 g/mol. The number of nitrogens with one attached hydrogen (secondary N) is 2. The molecular formula is C16H22ClF3N2O2. The summed E-state index contributed by atoms with van der Waals surface area (Å²) in [6, 6.07) is 3.84. The zero-order chi connectivity index (χ0) is 17.1. The van der Waals surface area contributed by atoms with Crippen molar-refractivity contribution in [2.24, 2.45) is 5.41 Å². The second-order valence-electron chi connectivity index (χ2n) is 5.94. The van der Waals surface area contributed by atoms with Gasteiger partial charge < -0.3 is 15.4 Å². The van der Waals surface area contributed by atoms with Crippen LogP contribution < -0.4 is 10.6 Å². The van der Waals surface area contributed by atoms with E-state index in [1.807, 2.05) is 0 Å². The monoisotopic (exact) mass is 366 g/mol. The Morgan fingerprint density at radius 2 is 1.96 bits per heavy atom. The lowest BCUT2D eigenvalue weighted by atomic mass is 9.78. The molecule has 4 nitrogen and oxygen atoms in total. The summed E-state index contributed by atoms with van der Waals surface area (Å²) < 4.78 is 44.1. The van der Waals surface area contributed by atoms with Gasteiger partial charge in [-0.05, 0) is 50.6 Å².